The Morgan fingerprint density at radius 2 is 1.93 bits per heavy atom. The number of carbonyl (C=O) groups is 2. The number of benzene rings is 1. The Kier molecular flexibility index (Phi) is 6.46. The second-order valence-electron chi connectivity index (χ2n) is 8.51. The minimum absolute atomic E-state index is 0.0102. The fourth-order valence-electron chi connectivity index (χ4n) is 5.03. The van der Waals surface area contributed by atoms with Crippen LogP contribution in [0.25, 0.3) is 11.0 Å². The van der Waals surface area contributed by atoms with E-state index in [9.17, 15) is 18.4 Å². The number of halogens is 2. The molecule has 0 unspecified atom stereocenters. The number of fused-ring (bicyclic) bond motifs is 1. The lowest BCUT2D eigenvalue weighted by Crippen LogP contribution is -2.40. The molecule has 0 spiro atoms. The lowest BCUT2D eigenvalue weighted by molar-refractivity contribution is -0.121. The van der Waals surface area contributed by atoms with Crippen LogP contribution in [0.2, 0.25) is 0 Å². The number of hydrogen-bond donors (Lipinski definition) is 2. The Hall–Kier alpha value is -2.28. The van der Waals surface area contributed by atoms with Gasteiger partial charge >= 0.3 is 0 Å². The number of amides is 1. The molecule has 1 aliphatic carbocycles. The van der Waals surface area contributed by atoms with Crippen molar-refractivity contribution in [3.8, 4) is 0 Å². The smallest absolute Gasteiger partial charge is 0.287 e. The summed E-state index contributed by atoms with van der Waals surface area (Å²) in [7, 11) is 0. The number of hydrogen-bond acceptors (Lipinski definition) is 4. The molecular formula is C23H28F2N2O3. The van der Waals surface area contributed by atoms with Crippen molar-refractivity contribution in [2.75, 3.05) is 13.1 Å². The summed E-state index contributed by atoms with van der Waals surface area (Å²) in [6.07, 6.45) is 5.09. The van der Waals surface area contributed by atoms with E-state index in [4.69, 9.17) is 4.42 Å². The van der Waals surface area contributed by atoms with Gasteiger partial charge in [-0.15, -0.1) is 0 Å². The van der Waals surface area contributed by atoms with Crippen LogP contribution >= 0.6 is 0 Å². The molecule has 2 N–H and O–H groups in total. The van der Waals surface area contributed by atoms with E-state index in [0.29, 0.717) is 29.2 Å². The van der Waals surface area contributed by atoms with E-state index >= 15 is 0 Å². The Bertz CT molecular complexity index is 905. The number of ketones is 1. The van der Waals surface area contributed by atoms with Crippen LogP contribution in [0.4, 0.5) is 8.78 Å². The fraction of sp³-hybridized carbons (Fsp3) is 0.565. The number of furan rings is 1. The zero-order valence-electron chi connectivity index (χ0n) is 17.0. The van der Waals surface area contributed by atoms with Gasteiger partial charge in [-0.05, 0) is 48.6 Å². The van der Waals surface area contributed by atoms with Gasteiger partial charge < -0.3 is 15.1 Å². The van der Waals surface area contributed by atoms with Crippen LogP contribution in [0.5, 0.6) is 0 Å². The average Bonchev–Trinajstić information content (AvgIpc) is 3.39. The Labute approximate surface area is 174 Å². The number of Topliss-reactive ketones (excluding diaryl/α,β-unsaturated/α-hetero) is 1. The predicted molar refractivity (Wildman–Crippen MR) is 110 cm³/mol. The molecule has 1 saturated carbocycles. The van der Waals surface area contributed by atoms with Crippen LogP contribution in [0, 0.1) is 11.8 Å². The first-order valence-corrected chi connectivity index (χ1v) is 10.9. The molecule has 1 saturated heterocycles. The lowest BCUT2D eigenvalue weighted by atomic mass is 9.75. The largest absolute Gasteiger partial charge is 0.451 e. The van der Waals surface area contributed by atoms with Crippen molar-refractivity contribution in [3.63, 3.8) is 0 Å². The first kappa shape index (κ1) is 21.0. The van der Waals surface area contributed by atoms with Gasteiger partial charge in [-0.2, -0.15) is 0 Å². The molecule has 2 heterocycles. The normalized spacial score (nSPS) is 22.6. The number of nitrogens with one attached hydrogen (secondary N) is 2. The molecule has 4 rings (SSSR count). The van der Waals surface area contributed by atoms with Crippen molar-refractivity contribution >= 4 is 22.7 Å². The Balaban J connectivity index is 1.43. The van der Waals surface area contributed by atoms with Crippen molar-refractivity contribution in [1.82, 2.24) is 10.6 Å². The summed E-state index contributed by atoms with van der Waals surface area (Å²) in [6, 6.07) is 6.84. The van der Waals surface area contributed by atoms with Crippen molar-refractivity contribution < 1.29 is 22.8 Å². The highest BCUT2D eigenvalue weighted by Crippen LogP contribution is 2.36. The van der Waals surface area contributed by atoms with E-state index in [-0.39, 0.29) is 17.6 Å². The minimum Gasteiger partial charge on any atom is -0.451 e. The molecular weight excluding hydrogens is 390 g/mol. The van der Waals surface area contributed by atoms with Crippen molar-refractivity contribution in [2.45, 2.75) is 57.4 Å². The van der Waals surface area contributed by atoms with E-state index < -0.39 is 18.9 Å². The predicted octanol–water partition coefficient (Wildman–Crippen LogP) is 4.10. The molecule has 1 aromatic heterocycles. The third kappa shape index (κ3) is 4.72. The highest BCUT2D eigenvalue weighted by atomic mass is 19.3. The van der Waals surface area contributed by atoms with Gasteiger partial charge in [0.1, 0.15) is 5.58 Å². The van der Waals surface area contributed by atoms with Crippen molar-refractivity contribution in [1.29, 1.82) is 0 Å². The van der Waals surface area contributed by atoms with Crippen LogP contribution < -0.4 is 10.6 Å². The molecule has 162 valence electrons. The van der Waals surface area contributed by atoms with Crippen LogP contribution in [0.1, 0.15) is 54.6 Å². The molecule has 2 aliphatic rings. The van der Waals surface area contributed by atoms with E-state index in [2.05, 4.69) is 10.6 Å². The van der Waals surface area contributed by atoms with Crippen LogP contribution in [0.3, 0.4) is 0 Å². The Morgan fingerprint density at radius 3 is 2.70 bits per heavy atom. The average molecular weight is 418 g/mol. The summed E-state index contributed by atoms with van der Waals surface area (Å²) in [5.74, 6) is 0.605. The molecule has 2 atom stereocenters. The van der Waals surface area contributed by atoms with Gasteiger partial charge in [-0.25, -0.2) is 8.78 Å². The lowest BCUT2D eigenvalue weighted by Gasteiger charge is -2.30. The van der Waals surface area contributed by atoms with E-state index in [0.717, 1.165) is 18.5 Å². The third-order valence-electron chi connectivity index (χ3n) is 6.47. The van der Waals surface area contributed by atoms with Gasteiger partial charge in [0.2, 0.25) is 0 Å². The highest BCUT2D eigenvalue weighted by molar-refractivity contribution is 5.96. The Morgan fingerprint density at radius 1 is 1.13 bits per heavy atom. The summed E-state index contributed by atoms with van der Waals surface area (Å²) in [5.41, 5.74) is 1.36. The summed E-state index contributed by atoms with van der Waals surface area (Å²) >= 11 is 0. The van der Waals surface area contributed by atoms with E-state index in [1.165, 1.54) is 38.2 Å². The van der Waals surface area contributed by atoms with Gasteiger partial charge in [0, 0.05) is 11.8 Å². The quantitative estimate of drug-likeness (QED) is 0.710. The summed E-state index contributed by atoms with van der Waals surface area (Å²) in [6.45, 7) is 0.182. The SMILES string of the molecule is O=C(NCC(F)F)c1cc2cc(CC(=O)[C@H]3NCC[C@H]3C3CCCCC3)ccc2o1. The molecule has 30 heavy (non-hydrogen) atoms. The van der Waals surface area contributed by atoms with E-state index in [1.54, 1.807) is 6.07 Å². The maximum Gasteiger partial charge on any atom is 0.287 e. The standard InChI is InChI=1S/C23H28F2N2O3/c24-21(25)13-27-23(29)20-12-16-10-14(6-7-19(16)30-20)11-18(28)22-17(8-9-26-22)15-4-2-1-3-5-15/h6-7,10,12,15,17,21-22,26H,1-5,8-9,11,13H2,(H,27,29)/t17-,22-/m0/s1. The second kappa shape index (κ2) is 9.25. The topological polar surface area (TPSA) is 71.3 Å². The maximum absolute atomic E-state index is 13.0. The van der Waals surface area contributed by atoms with Gasteiger partial charge in [0.15, 0.2) is 11.5 Å². The first-order valence-electron chi connectivity index (χ1n) is 10.9. The molecule has 7 heteroatoms. The van der Waals surface area contributed by atoms with Gasteiger partial charge in [0.25, 0.3) is 12.3 Å². The van der Waals surface area contributed by atoms with Crippen LogP contribution in [-0.2, 0) is 11.2 Å². The summed E-state index contributed by atoms with van der Waals surface area (Å²) < 4.78 is 30.0. The molecule has 2 fully saturated rings. The molecule has 0 bridgehead atoms. The zero-order valence-corrected chi connectivity index (χ0v) is 17.0. The van der Waals surface area contributed by atoms with Crippen LogP contribution in [0.15, 0.2) is 28.7 Å². The second-order valence-corrected chi connectivity index (χ2v) is 8.51. The van der Waals surface area contributed by atoms with Crippen molar-refractivity contribution in [2.24, 2.45) is 11.8 Å². The highest BCUT2D eigenvalue weighted by Gasteiger charge is 2.37. The minimum atomic E-state index is -2.61. The molecule has 0 radical (unpaired) electrons. The maximum atomic E-state index is 13.0. The van der Waals surface area contributed by atoms with E-state index in [1.807, 2.05) is 12.1 Å². The molecule has 2 aromatic rings. The zero-order chi connectivity index (χ0) is 21.1. The number of alkyl halides is 2. The molecule has 1 aromatic carbocycles. The summed E-state index contributed by atoms with van der Waals surface area (Å²) in [5, 5.41) is 6.24. The van der Waals surface area contributed by atoms with Gasteiger partial charge in [-0.1, -0.05) is 38.2 Å². The monoisotopic (exact) mass is 418 g/mol. The number of rotatable bonds is 7. The summed E-state index contributed by atoms with van der Waals surface area (Å²) in [4.78, 5) is 25.0. The molecule has 1 amide bonds. The number of carbonyl (C=O) groups excluding carboxylic acids is 2. The van der Waals surface area contributed by atoms with Crippen LogP contribution in [-0.4, -0.2) is 37.2 Å². The van der Waals surface area contributed by atoms with Gasteiger partial charge in [0.05, 0.1) is 12.6 Å². The molecule has 5 nitrogen and oxygen atoms in total. The first-order chi connectivity index (χ1) is 14.5. The third-order valence-corrected chi connectivity index (χ3v) is 6.47. The van der Waals surface area contributed by atoms with Gasteiger partial charge in [-0.3, -0.25) is 9.59 Å². The molecule has 1 aliphatic heterocycles. The fourth-order valence-corrected chi connectivity index (χ4v) is 5.03. The van der Waals surface area contributed by atoms with Crippen molar-refractivity contribution in [3.05, 3.63) is 35.6 Å².